The molecule has 102 valence electrons. The van der Waals surface area contributed by atoms with E-state index in [0.29, 0.717) is 12.1 Å². The molecular weight excluding hydrogens is 250 g/mol. The fourth-order valence-electron chi connectivity index (χ4n) is 2.92. The van der Waals surface area contributed by atoms with Gasteiger partial charge in [0.15, 0.2) is 0 Å². The number of phenols is 1. The third-order valence-corrected chi connectivity index (χ3v) is 3.88. The standard InChI is InChI=1S/C17H17NO2/c1-11-4-3-5-12(2)16(11)18-9-8-13-10-14(19)6-7-15(13)17(18)20/h3-7,10,19H,8-9H2,1-2H3. The number of hydrogen-bond acceptors (Lipinski definition) is 2. The number of para-hydroxylation sites is 1. The summed E-state index contributed by atoms with van der Waals surface area (Å²) < 4.78 is 0. The number of benzene rings is 2. The molecule has 20 heavy (non-hydrogen) atoms. The Morgan fingerprint density at radius 2 is 1.80 bits per heavy atom. The van der Waals surface area contributed by atoms with E-state index in [9.17, 15) is 9.90 Å². The van der Waals surface area contributed by atoms with Crippen LogP contribution >= 0.6 is 0 Å². The lowest BCUT2D eigenvalue weighted by molar-refractivity contribution is 0.0980. The lowest BCUT2D eigenvalue weighted by Gasteiger charge is -2.31. The van der Waals surface area contributed by atoms with Crippen molar-refractivity contribution in [3.63, 3.8) is 0 Å². The molecule has 0 aromatic heterocycles. The lowest BCUT2D eigenvalue weighted by atomic mass is 9.96. The first-order valence-corrected chi connectivity index (χ1v) is 6.78. The quantitative estimate of drug-likeness (QED) is 0.862. The van der Waals surface area contributed by atoms with Gasteiger partial charge >= 0.3 is 0 Å². The molecule has 2 aromatic rings. The van der Waals surface area contributed by atoms with E-state index in [2.05, 4.69) is 0 Å². The predicted octanol–water partition coefficient (Wildman–Crippen LogP) is 3.21. The van der Waals surface area contributed by atoms with Crippen LogP contribution in [0.2, 0.25) is 0 Å². The van der Waals surface area contributed by atoms with Crippen molar-refractivity contribution in [2.75, 3.05) is 11.4 Å². The van der Waals surface area contributed by atoms with Crippen molar-refractivity contribution in [2.24, 2.45) is 0 Å². The molecule has 0 fully saturated rings. The minimum absolute atomic E-state index is 0.0173. The van der Waals surface area contributed by atoms with E-state index in [4.69, 9.17) is 0 Å². The fourth-order valence-corrected chi connectivity index (χ4v) is 2.92. The van der Waals surface area contributed by atoms with Gasteiger partial charge in [0.25, 0.3) is 5.91 Å². The zero-order chi connectivity index (χ0) is 14.3. The van der Waals surface area contributed by atoms with Gasteiger partial charge in [-0.15, -0.1) is 0 Å². The Kier molecular flexibility index (Phi) is 2.97. The number of anilines is 1. The molecular formula is C17H17NO2. The van der Waals surface area contributed by atoms with Crippen LogP contribution < -0.4 is 4.90 Å². The zero-order valence-corrected chi connectivity index (χ0v) is 11.7. The molecule has 0 radical (unpaired) electrons. The second-order valence-electron chi connectivity index (χ2n) is 5.29. The van der Waals surface area contributed by atoms with Crippen LogP contribution in [0.4, 0.5) is 5.69 Å². The van der Waals surface area contributed by atoms with E-state index >= 15 is 0 Å². The third-order valence-electron chi connectivity index (χ3n) is 3.88. The zero-order valence-electron chi connectivity index (χ0n) is 11.7. The minimum Gasteiger partial charge on any atom is -0.508 e. The number of aryl methyl sites for hydroxylation is 2. The first kappa shape index (κ1) is 12.7. The second-order valence-corrected chi connectivity index (χ2v) is 5.29. The Morgan fingerprint density at radius 3 is 2.50 bits per heavy atom. The summed E-state index contributed by atoms with van der Waals surface area (Å²) in [6.45, 7) is 4.71. The summed E-state index contributed by atoms with van der Waals surface area (Å²) in [6, 6.07) is 11.0. The first-order valence-electron chi connectivity index (χ1n) is 6.78. The molecule has 1 aliphatic rings. The van der Waals surface area contributed by atoms with Gasteiger partial charge in [-0.25, -0.2) is 0 Å². The van der Waals surface area contributed by atoms with Gasteiger partial charge in [0, 0.05) is 17.8 Å². The van der Waals surface area contributed by atoms with Gasteiger partial charge in [0.1, 0.15) is 5.75 Å². The largest absolute Gasteiger partial charge is 0.508 e. The predicted molar refractivity (Wildman–Crippen MR) is 79.4 cm³/mol. The molecule has 0 aliphatic carbocycles. The number of rotatable bonds is 1. The maximum absolute atomic E-state index is 12.7. The summed E-state index contributed by atoms with van der Waals surface area (Å²) in [5, 5.41) is 9.52. The average Bonchev–Trinajstić information content (AvgIpc) is 2.41. The minimum atomic E-state index is 0.0173. The van der Waals surface area contributed by atoms with E-state index in [0.717, 1.165) is 28.8 Å². The van der Waals surface area contributed by atoms with Crippen LogP contribution in [0.25, 0.3) is 0 Å². The Hall–Kier alpha value is -2.29. The van der Waals surface area contributed by atoms with Crippen LogP contribution in [0, 0.1) is 13.8 Å². The molecule has 1 aliphatic heterocycles. The van der Waals surface area contributed by atoms with Crippen LogP contribution in [-0.4, -0.2) is 17.6 Å². The van der Waals surface area contributed by atoms with Gasteiger partial charge in [0.05, 0.1) is 0 Å². The van der Waals surface area contributed by atoms with Crippen LogP contribution in [0.1, 0.15) is 27.0 Å². The number of hydrogen-bond donors (Lipinski definition) is 1. The highest BCUT2D eigenvalue weighted by molar-refractivity contribution is 6.09. The van der Waals surface area contributed by atoms with Gasteiger partial charge < -0.3 is 10.0 Å². The number of carbonyl (C=O) groups excluding carboxylic acids is 1. The normalized spacial score (nSPS) is 14.3. The average molecular weight is 267 g/mol. The Balaban J connectivity index is 2.07. The summed E-state index contributed by atoms with van der Waals surface area (Å²) in [5.41, 5.74) is 4.85. The van der Waals surface area contributed by atoms with Crippen molar-refractivity contribution in [1.82, 2.24) is 0 Å². The first-order chi connectivity index (χ1) is 9.58. The molecule has 0 bridgehead atoms. The molecule has 0 unspecified atom stereocenters. The van der Waals surface area contributed by atoms with E-state index in [-0.39, 0.29) is 11.7 Å². The van der Waals surface area contributed by atoms with Crippen molar-refractivity contribution >= 4 is 11.6 Å². The SMILES string of the molecule is Cc1cccc(C)c1N1CCc2cc(O)ccc2C1=O. The molecule has 0 spiro atoms. The third kappa shape index (κ3) is 1.95. The van der Waals surface area contributed by atoms with Gasteiger partial charge in [0.2, 0.25) is 0 Å². The van der Waals surface area contributed by atoms with Crippen molar-refractivity contribution in [1.29, 1.82) is 0 Å². The van der Waals surface area contributed by atoms with Crippen molar-refractivity contribution in [2.45, 2.75) is 20.3 Å². The molecule has 0 saturated heterocycles. The van der Waals surface area contributed by atoms with Gasteiger partial charge in [-0.3, -0.25) is 4.79 Å². The van der Waals surface area contributed by atoms with E-state index < -0.39 is 0 Å². The highest BCUT2D eigenvalue weighted by Crippen LogP contribution is 2.31. The summed E-state index contributed by atoms with van der Waals surface area (Å²) in [5.74, 6) is 0.237. The van der Waals surface area contributed by atoms with Crippen LogP contribution in [-0.2, 0) is 6.42 Å². The highest BCUT2D eigenvalue weighted by atomic mass is 16.3. The maximum Gasteiger partial charge on any atom is 0.258 e. The number of fused-ring (bicyclic) bond motifs is 1. The van der Waals surface area contributed by atoms with Gasteiger partial charge in [-0.1, -0.05) is 18.2 Å². The highest BCUT2D eigenvalue weighted by Gasteiger charge is 2.27. The van der Waals surface area contributed by atoms with Crippen LogP contribution in [0.15, 0.2) is 36.4 Å². The van der Waals surface area contributed by atoms with E-state index in [1.807, 2.05) is 36.9 Å². The van der Waals surface area contributed by atoms with Crippen LogP contribution in [0.5, 0.6) is 5.75 Å². The second kappa shape index (κ2) is 4.67. The number of phenolic OH excluding ortho intramolecular Hbond substituents is 1. The number of amides is 1. The Labute approximate surface area is 118 Å². The topological polar surface area (TPSA) is 40.5 Å². The number of carbonyl (C=O) groups is 1. The van der Waals surface area contributed by atoms with Crippen molar-refractivity contribution in [3.8, 4) is 5.75 Å². The monoisotopic (exact) mass is 267 g/mol. The maximum atomic E-state index is 12.7. The molecule has 3 heteroatoms. The van der Waals surface area contributed by atoms with Gasteiger partial charge in [-0.05, 0) is 55.2 Å². The molecule has 3 rings (SSSR count). The number of nitrogens with zero attached hydrogens (tertiary/aromatic N) is 1. The molecule has 2 aromatic carbocycles. The molecule has 1 heterocycles. The molecule has 3 nitrogen and oxygen atoms in total. The van der Waals surface area contributed by atoms with Crippen molar-refractivity contribution in [3.05, 3.63) is 58.7 Å². The smallest absolute Gasteiger partial charge is 0.258 e. The summed E-state index contributed by atoms with van der Waals surface area (Å²) in [4.78, 5) is 14.5. The van der Waals surface area contributed by atoms with Gasteiger partial charge in [-0.2, -0.15) is 0 Å². The Morgan fingerprint density at radius 1 is 1.10 bits per heavy atom. The Bertz CT molecular complexity index is 671. The number of aromatic hydroxyl groups is 1. The molecule has 1 N–H and O–H groups in total. The van der Waals surface area contributed by atoms with E-state index in [1.54, 1.807) is 18.2 Å². The fraction of sp³-hybridized carbons (Fsp3) is 0.235. The molecule has 1 amide bonds. The summed E-state index contributed by atoms with van der Waals surface area (Å²) in [7, 11) is 0. The summed E-state index contributed by atoms with van der Waals surface area (Å²) >= 11 is 0. The lowest BCUT2D eigenvalue weighted by Crippen LogP contribution is -2.38. The van der Waals surface area contributed by atoms with Crippen LogP contribution in [0.3, 0.4) is 0 Å². The van der Waals surface area contributed by atoms with E-state index in [1.165, 1.54) is 0 Å². The van der Waals surface area contributed by atoms with Crippen molar-refractivity contribution < 1.29 is 9.90 Å². The summed E-state index contributed by atoms with van der Waals surface area (Å²) in [6.07, 6.45) is 0.767. The molecule has 0 atom stereocenters. The molecule has 0 saturated carbocycles.